The summed E-state index contributed by atoms with van der Waals surface area (Å²) in [5.41, 5.74) is 0.894. The van der Waals surface area contributed by atoms with Gasteiger partial charge in [0, 0.05) is 6.54 Å². The highest BCUT2D eigenvalue weighted by molar-refractivity contribution is 7.17. The molecule has 0 N–H and O–H groups in total. The Balaban J connectivity index is 2.19. The number of esters is 1. The standard InChI is InChI=1S/C13H12ClN3O3S/c1-20-10(18)8-17(7-9-5-3-2-4-6-9)12(19)11-15-16-13(14)21-11/h2-6H,7-8H2,1H3. The number of amides is 1. The highest BCUT2D eigenvalue weighted by Crippen LogP contribution is 2.18. The van der Waals surface area contributed by atoms with Gasteiger partial charge in [-0.15, -0.1) is 10.2 Å². The van der Waals surface area contributed by atoms with Crippen LogP contribution in [-0.4, -0.2) is 40.6 Å². The quantitative estimate of drug-likeness (QED) is 0.786. The minimum Gasteiger partial charge on any atom is -0.468 e. The molecule has 0 aliphatic carbocycles. The van der Waals surface area contributed by atoms with Crippen LogP contribution in [0.15, 0.2) is 30.3 Å². The van der Waals surface area contributed by atoms with Crippen molar-refractivity contribution in [3.63, 3.8) is 0 Å². The second kappa shape index (κ2) is 7.14. The minimum absolute atomic E-state index is 0.139. The molecule has 0 fully saturated rings. The lowest BCUT2D eigenvalue weighted by atomic mass is 10.2. The first-order valence-electron chi connectivity index (χ1n) is 5.99. The molecule has 0 aliphatic heterocycles. The molecule has 6 nitrogen and oxygen atoms in total. The molecule has 1 amide bonds. The van der Waals surface area contributed by atoms with Gasteiger partial charge in [0.25, 0.3) is 5.91 Å². The second-order valence-electron chi connectivity index (χ2n) is 4.08. The Morgan fingerprint density at radius 3 is 2.57 bits per heavy atom. The number of aromatic nitrogens is 2. The molecule has 0 bridgehead atoms. The number of nitrogens with zero attached hydrogens (tertiary/aromatic N) is 3. The zero-order chi connectivity index (χ0) is 15.2. The second-order valence-corrected chi connectivity index (χ2v) is 5.64. The first-order valence-corrected chi connectivity index (χ1v) is 7.18. The average molecular weight is 326 g/mol. The van der Waals surface area contributed by atoms with E-state index in [0.29, 0.717) is 0 Å². The molecular weight excluding hydrogens is 314 g/mol. The fourth-order valence-electron chi connectivity index (χ4n) is 1.65. The maximum Gasteiger partial charge on any atom is 0.325 e. The summed E-state index contributed by atoms with van der Waals surface area (Å²) in [6.07, 6.45) is 0. The predicted octanol–water partition coefficient (Wildman–Crippen LogP) is 2.01. The Labute approximate surface area is 130 Å². The SMILES string of the molecule is COC(=O)CN(Cc1ccccc1)C(=O)c1nnc(Cl)s1. The number of carbonyl (C=O) groups excluding carboxylic acids is 2. The largest absolute Gasteiger partial charge is 0.468 e. The lowest BCUT2D eigenvalue weighted by Crippen LogP contribution is -2.35. The van der Waals surface area contributed by atoms with Gasteiger partial charge in [-0.1, -0.05) is 41.7 Å². The number of halogens is 1. The van der Waals surface area contributed by atoms with Crippen LogP contribution in [0.5, 0.6) is 0 Å². The van der Waals surface area contributed by atoms with Crippen molar-refractivity contribution >= 4 is 34.8 Å². The van der Waals surface area contributed by atoms with E-state index in [0.717, 1.165) is 16.9 Å². The first-order chi connectivity index (χ1) is 10.1. The van der Waals surface area contributed by atoms with Gasteiger partial charge in [0.05, 0.1) is 7.11 Å². The van der Waals surface area contributed by atoms with E-state index in [4.69, 9.17) is 11.6 Å². The van der Waals surface area contributed by atoms with Crippen molar-refractivity contribution in [3.8, 4) is 0 Å². The summed E-state index contributed by atoms with van der Waals surface area (Å²) in [6, 6.07) is 9.33. The summed E-state index contributed by atoms with van der Waals surface area (Å²) >= 11 is 6.65. The Hall–Kier alpha value is -1.99. The molecule has 0 atom stereocenters. The number of carbonyl (C=O) groups is 2. The van der Waals surface area contributed by atoms with Crippen LogP contribution in [0.1, 0.15) is 15.4 Å². The smallest absolute Gasteiger partial charge is 0.325 e. The van der Waals surface area contributed by atoms with Crippen LogP contribution in [0.4, 0.5) is 0 Å². The number of benzene rings is 1. The van der Waals surface area contributed by atoms with Crippen LogP contribution in [-0.2, 0) is 16.1 Å². The van der Waals surface area contributed by atoms with Gasteiger partial charge in [-0.2, -0.15) is 0 Å². The molecular formula is C13H12ClN3O3S. The molecule has 110 valence electrons. The number of methoxy groups -OCH3 is 1. The number of hydrogen-bond acceptors (Lipinski definition) is 6. The number of ether oxygens (including phenoxy) is 1. The van der Waals surface area contributed by atoms with Gasteiger partial charge in [-0.25, -0.2) is 0 Å². The van der Waals surface area contributed by atoms with Gasteiger partial charge in [-0.3, -0.25) is 9.59 Å². The fourth-order valence-corrected chi connectivity index (χ4v) is 2.45. The van der Waals surface area contributed by atoms with E-state index in [1.807, 2.05) is 30.3 Å². The topological polar surface area (TPSA) is 72.4 Å². The van der Waals surface area contributed by atoms with Gasteiger partial charge in [-0.05, 0) is 17.2 Å². The van der Waals surface area contributed by atoms with E-state index < -0.39 is 11.9 Å². The van der Waals surface area contributed by atoms with Crippen LogP contribution >= 0.6 is 22.9 Å². The van der Waals surface area contributed by atoms with E-state index in [1.54, 1.807) is 0 Å². The van der Waals surface area contributed by atoms with Crippen LogP contribution in [0, 0.1) is 0 Å². The molecule has 1 aromatic carbocycles. The maximum absolute atomic E-state index is 12.4. The number of rotatable bonds is 5. The van der Waals surface area contributed by atoms with E-state index in [-0.39, 0.29) is 22.6 Å². The fraction of sp³-hybridized carbons (Fsp3) is 0.231. The molecule has 21 heavy (non-hydrogen) atoms. The van der Waals surface area contributed by atoms with Gasteiger partial charge in [0.2, 0.25) is 9.47 Å². The van der Waals surface area contributed by atoms with E-state index in [2.05, 4.69) is 14.9 Å². The third-order valence-corrected chi connectivity index (χ3v) is 3.64. The predicted molar refractivity (Wildman–Crippen MR) is 78.1 cm³/mol. The van der Waals surface area contributed by atoms with Crippen LogP contribution in [0.2, 0.25) is 4.47 Å². The lowest BCUT2D eigenvalue weighted by molar-refractivity contribution is -0.141. The maximum atomic E-state index is 12.4. The summed E-state index contributed by atoms with van der Waals surface area (Å²) in [5.74, 6) is -0.913. The molecule has 0 radical (unpaired) electrons. The summed E-state index contributed by atoms with van der Waals surface area (Å²) in [4.78, 5) is 25.2. The normalized spacial score (nSPS) is 10.2. The molecule has 0 spiro atoms. The van der Waals surface area contributed by atoms with Crippen molar-refractivity contribution in [2.75, 3.05) is 13.7 Å². The van der Waals surface area contributed by atoms with Crippen molar-refractivity contribution in [1.29, 1.82) is 0 Å². The molecule has 2 rings (SSSR count). The van der Waals surface area contributed by atoms with Crippen molar-refractivity contribution < 1.29 is 14.3 Å². The molecule has 0 aliphatic rings. The summed E-state index contributed by atoms with van der Waals surface area (Å²) in [7, 11) is 1.27. The van der Waals surface area contributed by atoms with Gasteiger partial charge in [0.15, 0.2) is 0 Å². The Morgan fingerprint density at radius 2 is 2.00 bits per heavy atom. The highest BCUT2D eigenvalue weighted by atomic mass is 35.5. The summed E-state index contributed by atoms with van der Waals surface area (Å²) in [5, 5.41) is 7.44. The Bertz CT molecular complexity index is 633. The highest BCUT2D eigenvalue weighted by Gasteiger charge is 2.23. The van der Waals surface area contributed by atoms with Crippen molar-refractivity contribution in [3.05, 3.63) is 45.4 Å². The lowest BCUT2D eigenvalue weighted by Gasteiger charge is -2.20. The van der Waals surface area contributed by atoms with E-state index in [1.165, 1.54) is 12.0 Å². The Kier molecular flexibility index (Phi) is 5.24. The van der Waals surface area contributed by atoms with Crippen LogP contribution in [0.25, 0.3) is 0 Å². The first kappa shape index (κ1) is 15.4. The summed E-state index contributed by atoms with van der Waals surface area (Å²) in [6.45, 7) is 0.105. The molecule has 1 heterocycles. The Morgan fingerprint density at radius 1 is 1.29 bits per heavy atom. The van der Waals surface area contributed by atoms with Gasteiger partial charge >= 0.3 is 5.97 Å². The third kappa shape index (κ3) is 4.24. The summed E-state index contributed by atoms with van der Waals surface area (Å²) < 4.78 is 4.80. The monoisotopic (exact) mass is 325 g/mol. The molecule has 0 saturated carbocycles. The minimum atomic E-state index is -0.505. The van der Waals surface area contributed by atoms with Crippen LogP contribution < -0.4 is 0 Å². The average Bonchev–Trinajstić information content (AvgIpc) is 2.93. The van der Waals surface area contributed by atoms with Crippen molar-refractivity contribution in [2.45, 2.75) is 6.54 Å². The van der Waals surface area contributed by atoms with Crippen LogP contribution in [0.3, 0.4) is 0 Å². The molecule has 0 saturated heterocycles. The molecule has 2 aromatic rings. The third-order valence-electron chi connectivity index (χ3n) is 2.63. The van der Waals surface area contributed by atoms with Crippen molar-refractivity contribution in [1.82, 2.24) is 15.1 Å². The zero-order valence-electron chi connectivity index (χ0n) is 11.2. The number of hydrogen-bond donors (Lipinski definition) is 0. The van der Waals surface area contributed by atoms with Gasteiger partial charge < -0.3 is 9.64 Å². The van der Waals surface area contributed by atoms with E-state index >= 15 is 0 Å². The van der Waals surface area contributed by atoms with E-state index in [9.17, 15) is 9.59 Å². The zero-order valence-corrected chi connectivity index (χ0v) is 12.7. The molecule has 0 unspecified atom stereocenters. The van der Waals surface area contributed by atoms with Gasteiger partial charge in [0.1, 0.15) is 6.54 Å². The molecule has 8 heteroatoms. The van der Waals surface area contributed by atoms with Crippen molar-refractivity contribution in [2.24, 2.45) is 0 Å². The molecule has 1 aromatic heterocycles.